The third kappa shape index (κ3) is 1.37. The topological polar surface area (TPSA) is 33.1 Å². The van der Waals surface area contributed by atoms with Crippen LogP contribution in [0.3, 0.4) is 0 Å². The first kappa shape index (κ1) is 9.44. The summed E-state index contributed by atoms with van der Waals surface area (Å²) >= 11 is 5.98. The Morgan fingerprint density at radius 3 is 2.79 bits per heavy atom. The van der Waals surface area contributed by atoms with Crippen LogP contribution in [0.1, 0.15) is 11.3 Å². The number of rotatable bonds is 1. The molecule has 14 heavy (non-hydrogen) atoms. The molecule has 0 aliphatic rings. The summed E-state index contributed by atoms with van der Waals surface area (Å²) < 4.78 is 0. The lowest BCUT2D eigenvalue weighted by atomic mass is 10.1. The second-order valence-electron chi connectivity index (χ2n) is 3.18. The highest BCUT2D eigenvalue weighted by molar-refractivity contribution is 6.32. The lowest BCUT2D eigenvalue weighted by molar-refractivity contribution is 0.283. The molecule has 0 atom stereocenters. The summed E-state index contributed by atoms with van der Waals surface area (Å²) in [5, 5.41) is 11.8. The van der Waals surface area contributed by atoms with Gasteiger partial charge < -0.3 is 5.11 Å². The van der Waals surface area contributed by atoms with Crippen LogP contribution in [0.4, 0.5) is 0 Å². The highest BCUT2D eigenvalue weighted by Crippen LogP contribution is 2.26. The van der Waals surface area contributed by atoms with Gasteiger partial charge in [0, 0.05) is 27.9 Å². The highest BCUT2D eigenvalue weighted by atomic mass is 35.5. The Morgan fingerprint density at radius 1 is 1.29 bits per heavy atom. The monoisotopic (exact) mass is 207 g/mol. The molecule has 2 nitrogen and oxygen atoms in total. The Hall–Kier alpha value is -1.12. The Labute approximate surface area is 87.2 Å². The maximum absolute atomic E-state index is 9.20. The number of fused-ring (bicyclic) bond motifs is 1. The van der Waals surface area contributed by atoms with E-state index in [2.05, 4.69) is 4.98 Å². The molecule has 1 aromatic heterocycles. The first-order valence-electron chi connectivity index (χ1n) is 4.37. The number of halogens is 1. The molecule has 1 aromatic carbocycles. The lowest BCUT2D eigenvalue weighted by Gasteiger charge is -2.07. The Balaban J connectivity index is 2.88. The minimum absolute atomic E-state index is 0.0420. The molecule has 0 aliphatic heterocycles. The molecule has 2 aromatic rings. The van der Waals surface area contributed by atoms with E-state index < -0.39 is 0 Å². The van der Waals surface area contributed by atoms with Gasteiger partial charge in [0.05, 0.1) is 6.61 Å². The van der Waals surface area contributed by atoms with Crippen molar-refractivity contribution in [2.75, 3.05) is 0 Å². The molecule has 3 heteroatoms. The summed E-state index contributed by atoms with van der Waals surface area (Å²) in [6.07, 6.45) is 1.73. The minimum Gasteiger partial charge on any atom is -0.392 e. The zero-order valence-electron chi connectivity index (χ0n) is 7.79. The molecule has 0 aliphatic carbocycles. The number of aryl methyl sites for hydroxylation is 1. The van der Waals surface area contributed by atoms with Crippen molar-refractivity contribution >= 4 is 22.4 Å². The molecular formula is C11H10ClNO. The van der Waals surface area contributed by atoms with Crippen LogP contribution in [0.5, 0.6) is 0 Å². The van der Waals surface area contributed by atoms with E-state index in [1.807, 2.05) is 19.1 Å². The largest absolute Gasteiger partial charge is 0.392 e. The fourth-order valence-corrected chi connectivity index (χ4v) is 1.82. The summed E-state index contributed by atoms with van der Waals surface area (Å²) in [5.74, 6) is 0. The van der Waals surface area contributed by atoms with Crippen LogP contribution in [0.2, 0.25) is 5.02 Å². The maximum Gasteiger partial charge on any atom is 0.0702 e. The summed E-state index contributed by atoms with van der Waals surface area (Å²) in [4.78, 5) is 4.19. The Kier molecular flexibility index (Phi) is 2.40. The van der Waals surface area contributed by atoms with Crippen LogP contribution in [-0.2, 0) is 6.61 Å². The van der Waals surface area contributed by atoms with Crippen LogP contribution >= 0.6 is 11.6 Å². The van der Waals surface area contributed by atoms with Gasteiger partial charge in [-0.3, -0.25) is 4.98 Å². The number of aliphatic hydroxyl groups is 1. The predicted octanol–water partition coefficient (Wildman–Crippen LogP) is 2.69. The lowest BCUT2D eigenvalue weighted by Crippen LogP contribution is -1.90. The number of nitrogens with zero attached hydrogens (tertiary/aromatic N) is 1. The average molecular weight is 208 g/mol. The first-order chi connectivity index (χ1) is 6.74. The van der Waals surface area contributed by atoms with Crippen LogP contribution in [0.25, 0.3) is 10.8 Å². The SMILES string of the molecule is Cc1nccc2c(CO)c(Cl)ccc12. The molecule has 72 valence electrons. The molecule has 0 unspecified atom stereocenters. The normalized spacial score (nSPS) is 10.8. The first-order valence-corrected chi connectivity index (χ1v) is 4.75. The second kappa shape index (κ2) is 3.56. The van der Waals surface area contributed by atoms with Crippen molar-refractivity contribution in [3.63, 3.8) is 0 Å². The van der Waals surface area contributed by atoms with Gasteiger partial charge >= 0.3 is 0 Å². The molecule has 2 rings (SSSR count). The number of hydrogen-bond acceptors (Lipinski definition) is 2. The van der Waals surface area contributed by atoms with E-state index >= 15 is 0 Å². The van der Waals surface area contributed by atoms with Gasteiger partial charge in [-0.2, -0.15) is 0 Å². The molecule has 0 radical (unpaired) electrons. The van der Waals surface area contributed by atoms with Crippen LogP contribution in [-0.4, -0.2) is 10.1 Å². The van der Waals surface area contributed by atoms with E-state index in [-0.39, 0.29) is 6.61 Å². The van der Waals surface area contributed by atoms with Crippen molar-refractivity contribution in [3.05, 3.63) is 40.7 Å². The van der Waals surface area contributed by atoms with Crippen molar-refractivity contribution in [3.8, 4) is 0 Å². The van der Waals surface area contributed by atoms with Gasteiger partial charge in [0.15, 0.2) is 0 Å². The standard InChI is InChI=1S/C11H10ClNO/c1-7-8-2-3-11(12)10(6-14)9(8)4-5-13-7/h2-5,14H,6H2,1H3. The van der Waals surface area contributed by atoms with Gasteiger partial charge in [-0.15, -0.1) is 0 Å². The molecule has 0 fully saturated rings. The van der Waals surface area contributed by atoms with Gasteiger partial charge in [-0.05, 0) is 24.4 Å². The molecule has 0 bridgehead atoms. The third-order valence-electron chi connectivity index (χ3n) is 2.36. The fourth-order valence-electron chi connectivity index (χ4n) is 1.60. The average Bonchev–Trinajstić information content (AvgIpc) is 2.18. The summed E-state index contributed by atoms with van der Waals surface area (Å²) in [6, 6.07) is 5.60. The van der Waals surface area contributed by atoms with Crippen LogP contribution in [0, 0.1) is 6.92 Å². The van der Waals surface area contributed by atoms with Gasteiger partial charge in [0.25, 0.3) is 0 Å². The molecule has 0 spiro atoms. The van der Waals surface area contributed by atoms with Crippen LogP contribution < -0.4 is 0 Å². The van der Waals surface area contributed by atoms with E-state index in [9.17, 15) is 5.11 Å². The van der Waals surface area contributed by atoms with Crippen molar-refractivity contribution in [1.29, 1.82) is 0 Å². The van der Waals surface area contributed by atoms with Crippen molar-refractivity contribution in [2.24, 2.45) is 0 Å². The molecule has 0 amide bonds. The van der Waals surface area contributed by atoms with Gasteiger partial charge in [-0.25, -0.2) is 0 Å². The van der Waals surface area contributed by atoms with E-state index in [0.717, 1.165) is 22.0 Å². The van der Waals surface area contributed by atoms with Crippen molar-refractivity contribution < 1.29 is 5.11 Å². The Morgan fingerprint density at radius 2 is 2.07 bits per heavy atom. The number of hydrogen-bond donors (Lipinski definition) is 1. The number of aromatic nitrogens is 1. The van der Waals surface area contributed by atoms with Gasteiger partial charge in [-0.1, -0.05) is 17.7 Å². The molecule has 1 heterocycles. The fraction of sp³-hybridized carbons (Fsp3) is 0.182. The smallest absolute Gasteiger partial charge is 0.0702 e. The highest BCUT2D eigenvalue weighted by Gasteiger charge is 2.06. The summed E-state index contributed by atoms with van der Waals surface area (Å²) in [6.45, 7) is 1.90. The second-order valence-corrected chi connectivity index (χ2v) is 3.58. The molecular weight excluding hydrogens is 198 g/mol. The molecule has 1 N–H and O–H groups in total. The summed E-state index contributed by atoms with van der Waals surface area (Å²) in [5.41, 5.74) is 1.73. The molecule has 0 saturated heterocycles. The molecule has 0 saturated carbocycles. The number of aliphatic hydroxyl groups excluding tert-OH is 1. The zero-order chi connectivity index (χ0) is 10.1. The maximum atomic E-state index is 9.20. The van der Waals surface area contributed by atoms with Crippen molar-refractivity contribution in [2.45, 2.75) is 13.5 Å². The minimum atomic E-state index is -0.0420. The number of pyridine rings is 1. The third-order valence-corrected chi connectivity index (χ3v) is 2.71. The number of benzene rings is 1. The van der Waals surface area contributed by atoms with E-state index in [0.29, 0.717) is 5.02 Å². The summed E-state index contributed by atoms with van der Waals surface area (Å²) in [7, 11) is 0. The van der Waals surface area contributed by atoms with E-state index in [1.165, 1.54) is 0 Å². The predicted molar refractivity (Wildman–Crippen MR) is 57.4 cm³/mol. The van der Waals surface area contributed by atoms with E-state index in [4.69, 9.17) is 11.6 Å². The van der Waals surface area contributed by atoms with Gasteiger partial charge in [0.2, 0.25) is 0 Å². The zero-order valence-corrected chi connectivity index (χ0v) is 8.54. The van der Waals surface area contributed by atoms with E-state index in [1.54, 1.807) is 12.3 Å². The van der Waals surface area contributed by atoms with Gasteiger partial charge in [0.1, 0.15) is 0 Å². The van der Waals surface area contributed by atoms with Crippen molar-refractivity contribution in [1.82, 2.24) is 4.98 Å². The van der Waals surface area contributed by atoms with Crippen LogP contribution in [0.15, 0.2) is 24.4 Å². The quantitative estimate of drug-likeness (QED) is 0.780. The Bertz CT molecular complexity index is 482.